The summed E-state index contributed by atoms with van der Waals surface area (Å²) in [7, 11) is 1.92. The Morgan fingerprint density at radius 1 is 1.03 bits per heavy atom. The fraction of sp³-hybridized carbons (Fsp3) is 0.333. The van der Waals surface area contributed by atoms with Crippen LogP contribution in [0.25, 0.3) is 0 Å². The van der Waals surface area contributed by atoms with Gasteiger partial charge < -0.3 is 14.5 Å². The van der Waals surface area contributed by atoms with E-state index in [4.69, 9.17) is 4.74 Å². The highest BCUT2D eigenvalue weighted by atomic mass is 16.5. The molecule has 2 aliphatic heterocycles. The lowest BCUT2D eigenvalue weighted by Crippen LogP contribution is -2.46. The molecule has 2 amide bonds. The lowest BCUT2D eigenvalue weighted by atomic mass is 9.75. The molecule has 174 valence electrons. The van der Waals surface area contributed by atoms with Crippen LogP contribution in [0.1, 0.15) is 35.2 Å². The van der Waals surface area contributed by atoms with Crippen molar-refractivity contribution in [3.8, 4) is 11.8 Å². The van der Waals surface area contributed by atoms with Crippen molar-refractivity contribution in [3.63, 3.8) is 0 Å². The lowest BCUT2D eigenvalue weighted by Gasteiger charge is -2.37. The van der Waals surface area contributed by atoms with Gasteiger partial charge in [-0.2, -0.15) is 0 Å². The molecule has 1 unspecified atom stereocenters. The average Bonchev–Trinajstić information content (AvgIpc) is 3.10. The summed E-state index contributed by atoms with van der Waals surface area (Å²) in [5.74, 6) is 0.689. The van der Waals surface area contributed by atoms with Crippen LogP contribution in [0.15, 0.2) is 73.1 Å². The van der Waals surface area contributed by atoms with Gasteiger partial charge >= 0.3 is 6.01 Å². The number of nitrogens with zero attached hydrogens (tertiary/aromatic N) is 4. The molecule has 1 atom stereocenters. The first-order chi connectivity index (χ1) is 16.5. The molecule has 2 saturated heterocycles. The molecule has 1 spiro atoms. The quantitative estimate of drug-likeness (QED) is 0.581. The third-order valence-corrected chi connectivity index (χ3v) is 7.10. The molecule has 5 rings (SSSR count). The van der Waals surface area contributed by atoms with E-state index in [-0.39, 0.29) is 29.3 Å². The predicted octanol–water partition coefficient (Wildman–Crippen LogP) is 3.96. The van der Waals surface area contributed by atoms with E-state index in [2.05, 4.69) is 22.1 Å². The van der Waals surface area contributed by atoms with Gasteiger partial charge in [0.25, 0.3) is 5.91 Å². The molecule has 0 aliphatic carbocycles. The molecular formula is C27H28N4O3. The van der Waals surface area contributed by atoms with E-state index >= 15 is 0 Å². The van der Waals surface area contributed by atoms with Crippen LogP contribution in [0.2, 0.25) is 0 Å². The van der Waals surface area contributed by atoms with Gasteiger partial charge in [0.05, 0.1) is 5.41 Å². The van der Waals surface area contributed by atoms with E-state index in [1.807, 2.05) is 35.0 Å². The van der Waals surface area contributed by atoms with Crippen LogP contribution >= 0.6 is 0 Å². The Hall–Kier alpha value is -3.74. The number of carbonyl (C=O) groups excluding carboxylic acids is 2. The zero-order chi connectivity index (χ0) is 23.5. The molecular weight excluding hydrogens is 428 g/mol. The molecule has 0 bridgehead atoms. The number of carbonyl (C=O) groups is 2. The summed E-state index contributed by atoms with van der Waals surface area (Å²) in [6.45, 7) is 1.15. The highest BCUT2D eigenvalue weighted by Gasteiger charge is 2.51. The number of likely N-dealkylation sites (tertiary alicyclic amines) is 2. The highest BCUT2D eigenvalue weighted by molar-refractivity contribution is 5.95. The Bertz CT molecular complexity index is 1160. The Balaban J connectivity index is 1.23. The number of hydrogen-bond donors (Lipinski definition) is 0. The van der Waals surface area contributed by atoms with E-state index in [0.29, 0.717) is 37.2 Å². The minimum atomic E-state index is -0.361. The van der Waals surface area contributed by atoms with Gasteiger partial charge in [-0.05, 0) is 55.5 Å². The van der Waals surface area contributed by atoms with Gasteiger partial charge in [0.15, 0.2) is 0 Å². The molecule has 7 nitrogen and oxygen atoms in total. The van der Waals surface area contributed by atoms with Crippen LogP contribution in [0.4, 0.5) is 0 Å². The molecule has 3 heterocycles. The van der Waals surface area contributed by atoms with Crippen molar-refractivity contribution in [2.24, 2.45) is 5.41 Å². The summed E-state index contributed by atoms with van der Waals surface area (Å²) < 4.78 is 5.68. The Morgan fingerprint density at radius 2 is 1.76 bits per heavy atom. The molecule has 0 radical (unpaired) electrons. The van der Waals surface area contributed by atoms with Gasteiger partial charge in [0.2, 0.25) is 5.91 Å². The van der Waals surface area contributed by atoms with E-state index in [0.717, 1.165) is 12.8 Å². The molecule has 34 heavy (non-hydrogen) atoms. The first kappa shape index (κ1) is 22.1. The van der Waals surface area contributed by atoms with Crippen LogP contribution in [-0.4, -0.2) is 57.8 Å². The summed E-state index contributed by atoms with van der Waals surface area (Å²) in [6, 6.07) is 19.6. The number of likely N-dealkylation sites (N-methyl/N-ethyl adjacent to an activating group) is 1. The topological polar surface area (TPSA) is 75.6 Å². The minimum Gasteiger partial charge on any atom is -0.424 e. The number of piperidine rings is 1. The molecule has 2 fully saturated rings. The normalized spacial score (nSPS) is 19.4. The second kappa shape index (κ2) is 9.25. The zero-order valence-corrected chi connectivity index (χ0v) is 19.3. The zero-order valence-electron chi connectivity index (χ0n) is 19.3. The Kier molecular flexibility index (Phi) is 6.01. The largest absolute Gasteiger partial charge is 0.424 e. The van der Waals surface area contributed by atoms with Crippen molar-refractivity contribution in [3.05, 3.63) is 84.2 Å². The summed E-state index contributed by atoms with van der Waals surface area (Å²) in [4.78, 5) is 38.3. The fourth-order valence-electron chi connectivity index (χ4n) is 5.19. The average molecular weight is 457 g/mol. The van der Waals surface area contributed by atoms with Crippen LogP contribution in [0.5, 0.6) is 11.8 Å². The van der Waals surface area contributed by atoms with Crippen molar-refractivity contribution < 1.29 is 14.3 Å². The van der Waals surface area contributed by atoms with Gasteiger partial charge in [-0.1, -0.05) is 36.4 Å². The van der Waals surface area contributed by atoms with Gasteiger partial charge in [0.1, 0.15) is 5.75 Å². The van der Waals surface area contributed by atoms with Crippen molar-refractivity contribution in [1.29, 1.82) is 0 Å². The van der Waals surface area contributed by atoms with Crippen molar-refractivity contribution in [2.45, 2.75) is 31.7 Å². The maximum Gasteiger partial charge on any atom is 0.321 e. The summed E-state index contributed by atoms with van der Waals surface area (Å²) in [5.41, 5.74) is 1.45. The Labute approximate surface area is 199 Å². The lowest BCUT2D eigenvalue weighted by molar-refractivity contribution is -0.137. The SMILES string of the molecule is CN1C(=O)C2(CCN(C(=O)c3cccc(Oc4ncccn4)c3)CC2)CC1Cc1ccccc1. The fourth-order valence-corrected chi connectivity index (χ4v) is 5.19. The number of amides is 2. The van der Waals surface area contributed by atoms with Crippen molar-refractivity contribution >= 4 is 11.8 Å². The smallest absolute Gasteiger partial charge is 0.321 e. The number of hydrogen-bond acceptors (Lipinski definition) is 5. The second-order valence-corrected chi connectivity index (χ2v) is 9.20. The molecule has 0 N–H and O–H groups in total. The van der Waals surface area contributed by atoms with Crippen LogP contribution < -0.4 is 4.74 Å². The first-order valence-electron chi connectivity index (χ1n) is 11.7. The summed E-state index contributed by atoms with van der Waals surface area (Å²) in [5, 5.41) is 0. The molecule has 1 aromatic heterocycles. The maximum atomic E-state index is 13.2. The summed E-state index contributed by atoms with van der Waals surface area (Å²) in [6.07, 6.45) is 6.31. The van der Waals surface area contributed by atoms with Crippen LogP contribution in [-0.2, 0) is 11.2 Å². The van der Waals surface area contributed by atoms with Gasteiger partial charge in [-0.3, -0.25) is 9.59 Å². The maximum absolute atomic E-state index is 13.2. The predicted molar refractivity (Wildman–Crippen MR) is 127 cm³/mol. The van der Waals surface area contributed by atoms with E-state index in [1.54, 1.807) is 42.7 Å². The number of aromatic nitrogens is 2. The number of ether oxygens (including phenoxy) is 1. The van der Waals surface area contributed by atoms with Gasteiger partial charge in [-0.25, -0.2) is 9.97 Å². The molecule has 0 saturated carbocycles. The third-order valence-electron chi connectivity index (χ3n) is 7.10. The second-order valence-electron chi connectivity index (χ2n) is 9.20. The Morgan fingerprint density at radius 3 is 2.50 bits per heavy atom. The van der Waals surface area contributed by atoms with E-state index < -0.39 is 0 Å². The summed E-state index contributed by atoms with van der Waals surface area (Å²) >= 11 is 0. The molecule has 2 aliphatic rings. The highest BCUT2D eigenvalue weighted by Crippen LogP contribution is 2.44. The minimum absolute atomic E-state index is 0.0473. The van der Waals surface area contributed by atoms with Gasteiger partial charge in [0, 0.05) is 44.1 Å². The number of benzene rings is 2. The standard InChI is InChI=1S/C27H28N4O3/c1-30-22(17-20-7-3-2-4-8-20)19-27(25(30)33)11-15-31(16-12-27)24(32)21-9-5-10-23(18-21)34-26-28-13-6-14-29-26/h2-10,13-14,18,22H,11-12,15-17,19H2,1H3. The van der Waals surface area contributed by atoms with Crippen LogP contribution in [0, 0.1) is 5.41 Å². The van der Waals surface area contributed by atoms with Gasteiger partial charge in [-0.15, -0.1) is 0 Å². The van der Waals surface area contributed by atoms with Crippen molar-refractivity contribution in [2.75, 3.05) is 20.1 Å². The molecule has 3 aromatic rings. The van der Waals surface area contributed by atoms with E-state index in [1.165, 1.54) is 5.56 Å². The monoisotopic (exact) mass is 456 g/mol. The van der Waals surface area contributed by atoms with Crippen LogP contribution in [0.3, 0.4) is 0 Å². The number of rotatable bonds is 5. The third kappa shape index (κ3) is 4.38. The first-order valence-corrected chi connectivity index (χ1v) is 11.7. The van der Waals surface area contributed by atoms with Crippen molar-refractivity contribution in [1.82, 2.24) is 19.8 Å². The van der Waals surface area contributed by atoms with E-state index in [9.17, 15) is 9.59 Å². The molecule has 7 heteroatoms. The molecule has 2 aromatic carbocycles.